The van der Waals surface area contributed by atoms with Crippen LogP contribution in [0.15, 0.2) is 0 Å². The summed E-state index contributed by atoms with van der Waals surface area (Å²) < 4.78 is 0. The first kappa shape index (κ1) is 9.05. The third-order valence-electron chi connectivity index (χ3n) is 3.37. The maximum atomic E-state index is 3.46. The maximum Gasteiger partial charge on any atom is -0.00436 e. The van der Waals surface area contributed by atoms with Gasteiger partial charge in [-0.25, -0.2) is 0 Å². The summed E-state index contributed by atoms with van der Waals surface area (Å²) in [5, 5.41) is 3.46. The van der Waals surface area contributed by atoms with Gasteiger partial charge in [-0.2, -0.15) is 0 Å². The molecule has 0 aromatic heterocycles. The Hall–Kier alpha value is -0.0400. The third-order valence-corrected chi connectivity index (χ3v) is 3.37. The summed E-state index contributed by atoms with van der Waals surface area (Å²) >= 11 is 0. The molecule has 0 aromatic rings. The van der Waals surface area contributed by atoms with Crippen LogP contribution in [-0.2, 0) is 0 Å². The fourth-order valence-electron chi connectivity index (χ4n) is 1.82. The lowest BCUT2D eigenvalue weighted by Crippen LogP contribution is -2.24. The van der Waals surface area contributed by atoms with Crippen LogP contribution >= 0.6 is 0 Å². The predicted octanol–water partition coefficient (Wildman–Crippen LogP) is 2.42. The zero-order valence-corrected chi connectivity index (χ0v) is 8.11. The predicted molar refractivity (Wildman–Crippen MR) is 49.7 cm³/mol. The van der Waals surface area contributed by atoms with E-state index in [0.29, 0.717) is 5.41 Å². The Labute approximate surface area is 70.6 Å². The molecular weight excluding hydrogens is 134 g/mol. The van der Waals surface area contributed by atoms with Crippen LogP contribution in [0.1, 0.15) is 40.0 Å². The Balaban J connectivity index is 2.52. The average molecular weight is 155 g/mol. The smallest absolute Gasteiger partial charge is 0.00436 e. The normalized spacial score (nSPS) is 33.8. The first-order valence-corrected chi connectivity index (χ1v) is 4.86. The molecule has 0 aromatic carbocycles. The maximum absolute atomic E-state index is 3.46. The molecule has 0 radical (unpaired) electrons. The summed E-state index contributed by atoms with van der Waals surface area (Å²) in [5.74, 6) is 0.836. The summed E-state index contributed by atoms with van der Waals surface area (Å²) in [7, 11) is 0. The summed E-state index contributed by atoms with van der Waals surface area (Å²) in [6.07, 6.45) is 4.11. The Bertz CT molecular complexity index is 110. The lowest BCUT2D eigenvalue weighted by Gasteiger charge is -2.32. The number of hydrogen-bond donors (Lipinski definition) is 1. The van der Waals surface area contributed by atoms with Gasteiger partial charge in [-0.15, -0.1) is 0 Å². The second-order valence-electron chi connectivity index (χ2n) is 4.41. The third kappa shape index (κ3) is 2.19. The highest BCUT2D eigenvalue weighted by Crippen LogP contribution is 2.36. The van der Waals surface area contributed by atoms with E-state index >= 15 is 0 Å². The van der Waals surface area contributed by atoms with Crippen molar-refractivity contribution >= 4 is 0 Å². The minimum Gasteiger partial charge on any atom is -0.317 e. The molecule has 1 atom stereocenters. The van der Waals surface area contributed by atoms with E-state index in [9.17, 15) is 0 Å². The first-order chi connectivity index (χ1) is 5.15. The van der Waals surface area contributed by atoms with Gasteiger partial charge in [0.05, 0.1) is 0 Å². The second-order valence-corrected chi connectivity index (χ2v) is 4.41. The number of rotatable bonds is 1. The van der Waals surface area contributed by atoms with Crippen LogP contribution in [0.25, 0.3) is 0 Å². The molecule has 1 nitrogen and oxygen atoms in total. The van der Waals surface area contributed by atoms with Gasteiger partial charge in [0.1, 0.15) is 0 Å². The van der Waals surface area contributed by atoms with Crippen LogP contribution in [0, 0.1) is 11.3 Å². The van der Waals surface area contributed by atoms with Crippen molar-refractivity contribution in [1.29, 1.82) is 0 Å². The van der Waals surface area contributed by atoms with E-state index in [1.54, 1.807) is 0 Å². The van der Waals surface area contributed by atoms with Crippen molar-refractivity contribution in [2.75, 3.05) is 13.1 Å². The Morgan fingerprint density at radius 3 is 2.55 bits per heavy atom. The van der Waals surface area contributed by atoms with Crippen LogP contribution in [0.5, 0.6) is 0 Å². The van der Waals surface area contributed by atoms with Crippen molar-refractivity contribution in [3.63, 3.8) is 0 Å². The molecule has 66 valence electrons. The second kappa shape index (κ2) is 3.57. The molecule has 1 unspecified atom stereocenters. The molecule has 0 saturated carbocycles. The lowest BCUT2D eigenvalue weighted by atomic mass is 9.73. The van der Waals surface area contributed by atoms with Gasteiger partial charge in [0, 0.05) is 0 Å². The van der Waals surface area contributed by atoms with E-state index in [2.05, 4.69) is 26.1 Å². The van der Waals surface area contributed by atoms with Gasteiger partial charge in [-0.3, -0.25) is 0 Å². The summed E-state index contributed by atoms with van der Waals surface area (Å²) in [6, 6.07) is 0. The van der Waals surface area contributed by atoms with Gasteiger partial charge < -0.3 is 5.32 Å². The molecule has 1 aliphatic rings. The van der Waals surface area contributed by atoms with Crippen molar-refractivity contribution < 1.29 is 0 Å². The minimum absolute atomic E-state index is 0.601. The topological polar surface area (TPSA) is 12.0 Å². The molecule has 0 spiro atoms. The van der Waals surface area contributed by atoms with E-state index < -0.39 is 0 Å². The monoisotopic (exact) mass is 155 g/mol. The molecule has 0 bridgehead atoms. The van der Waals surface area contributed by atoms with Gasteiger partial charge in [-0.05, 0) is 43.7 Å². The van der Waals surface area contributed by atoms with E-state index in [0.717, 1.165) is 5.92 Å². The molecule has 1 heteroatoms. The number of hydrogen-bond acceptors (Lipinski definition) is 1. The van der Waals surface area contributed by atoms with Gasteiger partial charge in [-0.1, -0.05) is 20.8 Å². The zero-order chi connectivity index (χ0) is 8.32. The largest absolute Gasteiger partial charge is 0.317 e. The Kier molecular flexibility index (Phi) is 2.94. The van der Waals surface area contributed by atoms with Gasteiger partial charge in [0.15, 0.2) is 0 Å². The average Bonchev–Trinajstić information content (AvgIpc) is 2.15. The molecule has 1 saturated heterocycles. The van der Waals surface area contributed by atoms with Crippen molar-refractivity contribution in [3.8, 4) is 0 Å². The summed E-state index contributed by atoms with van der Waals surface area (Å²) in [5.41, 5.74) is 0.601. The molecule has 1 rings (SSSR count). The van der Waals surface area contributed by atoms with Crippen molar-refractivity contribution in [3.05, 3.63) is 0 Å². The summed E-state index contributed by atoms with van der Waals surface area (Å²) in [6.45, 7) is 9.58. The first-order valence-electron chi connectivity index (χ1n) is 4.86. The molecule has 11 heavy (non-hydrogen) atoms. The molecule has 0 aliphatic carbocycles. The standard InChI is InChI=1S/C10H21N/c1-9(2)10(3)5-4-7-11-8-6-10/h9,11H,4-8H2,1-3H3. The molecule has 1 heterocycles. The quantitative estimate of drug-likeness (QED) is 0.613. The lowest BCUT2D eigenvalue weighted by molar-refractivity contribution is 0.191. The van der Waals surface area contributed by atoms with Crippen molar-refractivity contribution in [1.82, 2.24) is 5.32 Å². The molecule has 0 amide bonds. The van der Waals surface area contributed by atoms with E-state index in [4.69, 9.17) is 0 Å². The number of nitrogens with one attached hydrogen (secondary N) is 1. The van der Waals surface area contributed by atoms with Crippen LogP contribution < -0.4 is 5.32 Å². The fourth-order valence-corrected chi connectivity index (χ4v) is 1.82. The van der Waals surface area contributed by atoms with Crippen LogP contribution in [0.2, 0.25) is 0 Å². The highest BCUT2D eigenvalue weighted by atomic mass is 14.9. The Morgan fingerprint density at radius 2 is 1.91 bits per heavy atom. The molecule has 1 aliphatic heterocycles. The van der Waals surface area contributed by atoms with Gasteiger partial charge in [0.25, 0.3) is 0 Å². The fraction of sp³-hybridized carbons (Fsp3) is 1.00. The highest BCUT2D eigenvalue weighted by molar-refractivity contribution is 4.81. The Morgan fingerprint density at radius 1 is 1.18 bits per heavy atom. The van der Waals surface area contributed by atoms with Crippen molar-refractivity contribution in [2.45, 2.75) is 40.0 Å². The van der Waals surface area contributed by atoms with Crippen LogP contribution in [0.3, 0.4) is 0 Å². The highest BCUT2D eigenvalue weighted by Gasteiger charge is 2.28. The van der Waals surface area contributed by atoms with E-state index in [-0.39, 0.29) is 0 Å². The minimum atomic E-state index is 0.601. The van der Waals surface area contributed by atoms with Crippen LogP contribution in [0.4, 0.5) is 0 Å². The van der Waals surface area contributed by atoms with Crippen molar-refractivity contribution in [2.24, 2.45) is 11.3 Å². The van der Waals surface area contributed by atoms with E-state index in [1.165, 1.54) is 32.4 Å². The zero-order valence-electron chi connectivity index (χ0n) is 8.11. The SMILES string of the molecule is CC(C)C1(C)CCCNCC1. The van der Waals surface area contributed by atoms with E-state index in [1.807, 2.05) is 0 Å². The van der Waals surface area contributed by atoms with Gasteiger partial charge in [0.2, 0.25) is 0 Å². The van der Waals surface area contributed by atoms with Crippen LogP contribution in [-0.4, -0.2) is 13.1 Å². The summed E-state index contributed by atoms with van der Waals surface area (Å²) in [4.78, 5) is 0. The molecule has 1 N–H and O–H groups in total. The van der Waals surface area contributed by atoms with Gasteiger partial charge >= 0.3 is 0 Å². The molecular formula is C10H21N. The molecule has 1 fully saturated rings.